The summed E-state index contributed by atoms with van der Waals surface area (Å²) in [5.74, 6) is 2.25. The molecule has 0 bridgehead atoms. The highest BCUT2D eigenvalue weighted by molar-refractivity contribution is 7.99. The van der Waals surface area contributed by atoms with E-state index in [9.17, 15) is 0 Å². The summed E-state index contributed by atoms with van der Waals surface area (Å²) >= 11 is 7.55. The number of methoxy groups -OCH3 is 1. The van der Waals surface area contributed by atoms with Crippen LogP contribution in [-0.2, 0) is 0 Å². The van der Waals surface area contributed by atoms with E-state index < -0.39 is 0 Å². The van der Waals surface area contributed by atoms with Crippen molar-refractivity contribution < 1.29 is 4.74 Å². The summed E-state index contributed by atoms with van der Waals surface area (Å²) in [6.07, 6.45) is 2.62. The smallest absolute Gasteiger partial charge is 0.188 e. The van der Waals surface area contributed by atoms with Crippen molar-refractivity contribution in [2.24, 2.45) is 5.92 Å². The van der Waals surface area contributed by atoms with E-state index in [1.165, 1.54) is 6.33 Å². The predicted molar refractivity (Wildman–Crippen MR) is 63.8 cm³/mol. The Kier molecular flexibility index (Phi) is 5.19. The molecule has 5 heteroatoms. The molecule has 0 amide bonds. The highest BCUT2D eigenvalue weighted by Gasteiger charge is 2.11. The second-order valence-corrected chi connectivity index (χ2v) is 4.69. The van der Waals surface area contributed by atoms with Crippen LogP contribution in [0.25, 0.3) is 0 Å². The lowest BCUT2D eigenvalue weighted by Gasteiger charge is -2.10. The third kappa shape index (κ3) is 3.54. The van der Waals surface area contributed by atoms with Crippen LogP contribution >= 0.6 is 23.4 Å². The van der Waals surface area contributed by atoms with Crippen molar-refractivity contribution in [1.29, 1.82) is 0 Å². The number of aromatic nitrogens is 2. The van der Waals surface area contributed by atoms with Gasteiger partial charge in [0, 0.05) is 5.75 Å². The maximum atomic E-state index is 5.89. The summed E-state index contributed by atoms with van der Waals surface area (Å²) in [7, 11) is 1.58. The zero-order valence-corrected chi connectivity index (χ0v) is 10.7. The molecule has 0 saturated heterocycles. The summed E-state index contributed by atoms with van der Waals surface area (Å²) < 4.78 is 5.16. The van der Waals surface area contributed by atoms with Gasteiger partial charge in [-0.3, -0.25) is 0 Å². The molecule has 1 aromatic heterocycles. The van der Waals surface area contributed by atoms with E-state index in [4.69, 9.17) is 16.3 Å². The Balaban J connectivity index is 2.72. The third-order valence-electron chi connectivity index (χ3n) is 2.13. The fourth-order valence-corrected chi connectivity index (χ4v) is 2.33. The van der Waals surface area contributed by atoms with Crippen LogP contribution in [0.5, 0.6) is 5.75 Å². The van der Waals surface area contributed by atoms with Gasteiger partial charge in [-0.2, -0.15) is 0 Å². The number of hydrogen-bond acceptors (Lipinski definition) is 4. The SMILES string of the molecule is CCC(C)CSc1ncnc(Cl)c1OC. The van der Waals surface area contributed by atoms with Gasteiger partial charge in [0.1, 0.15) is 11.4 Å². The van der Waals surface area contributed by atoms with E-state index >= 15 is 0 Å². The maximum Gasteiger partial charge on any atom is 0.188 e. The number of halogens is 1. The molecule has 0 aliphatic rings. The van der Waals surface area contributed by atoms with Gasteiger partial charge in [0.05, 0.1) is 7.11 Å². The molecule has 1 aromatic rings. The molecular weight excluding hydrogens is 232 g/mol. The quantitative estimate of drug-likeness (QED) is 0.590. The summed E-state index contributed by atoms with van der Waals surface area (Å²) in [5, 5.41) is 1.19. The van der Waals surface area contributed by atoms with Crippen molar-refractivity contribution >= 4 is 23.4 Å². The lowest BCUT2D eigenvalue weighted by Crippen LogP contribution is -1.98. The first kappa shape index (κ1) is 12.6. The summed E-state index contributed by atoms with van der Waals surface area (Å²) in [5.41, 5.74) is 0. The van der Waals surface area contributed by atoms with Crippen molar-refractivity contribution in [3.63, 3.8) is 0 Å². The molecule has 0 radical (unpaired) electrons. The molecule has 0 aliphatic heterocycles. The van der Waals surface area contributed by atoms with Crippen molar-refractivity contribution in [2.75, 3.05) is 12.9 Å². The normalized spacial score (nSPS) is 12.5. The monoisotopic (exact) mass is 246 g/mol. The van der Waals surface area contributed by atoms with Crippen LogP contribution in [0.4, 0.5) is 0 Å². The second-order valence-electron chi connectivity index (χ2n) is 3.33. The van der Waals surface area contributed by atoms with Crippen LogP contribution in [0.2, 0.25) is 5.15 Å². The summed E-state index contributed by atoms with van der Waals surface area (Å²) in [6.45, 7) is 4.39. The van der Waals surface area contributed by atoms with E-state index in [1.807, 2.05) is 0 Å². The average molecular weight is 247 g/mol. The molecular formula is C10H15ClN2OS. The van der Waals surface area contributed by atoms with E-state index in [1.54, 1.807) is 18.9 Å². The van der Waals surface area contributed by atoms with Crippen molar-refractivity contribution in [3.05, 3.63) is 11.5 Å². The molecule has 1 rings (SSSR count). The molecule has 0 fully saturated rings. The molecule has 15 heavy (non-hydrogen) atoms. The largest absolute Gasteiger partial charge is 0.491 e. The Bertz CT molecular complexity index is 322. The van der Waals surface area contributed by atoms with Crippen LogP contribution in [0.1, 0.15) is 20.3 Å². The molecule has 84 valence electrons. The van der Waals surface area contributed by atoms with Crippen LogP contribution < -0.4 is 4.74 Å². The minimum absolute atomic E-state index is 0.374. The Morgan fingerprint density at radius 1 is 1.53 bits per heavy atom. The zero-order chi connectivity index (χ0) is 11.3. The minimum Gasteiger partial charge on any atom is -0.491 e. The van der Waals surface area contributed by atoms with Gasteiger partial charge in [-0.05, 0) is 5.92 Å². The number of hydrogen-bond donors (Lipinski definition) is 0. The Labute approximate surface area is 99.6 Å². The fraction of sp³-hybridized carbons (Fsp3) is 0.600. The van der Waals surface area contributed by atoms with Gasteiger partial charge in [0.15, 0.2) is 10.9 Å². The highest BCUT2D eigenvalue weighted by atomic mass is 35.5. The van der Waals surface area contributed by atoms with E-state index in [0.29, 0.717) is 16.8 Å². The van der Waals surface area contributed by atoms with Crippen molar-refractivity contribution in [3.8, 4) is 5.75 Å². The summed E-state index contributed by atoms with van der Waals surface area (Å²) in [6, 6.07) is 0. The molecule has 0 saturated carbocycles. The second kappa shape index (κ2) is 6.18. The van der Waals surface area contributed by atoms with E-state index in [0.717, 1.165) is 17.2 Å². The lowest BCUT2D eigenvalue weighted by molar-refractivity contribution is 0.398. The van der Waals surface area contributed by atoms with Crippen molar-refractivity contribution in [2.45, 2.75) is 25.3 Å². The molecule has 1 unspecified atom stereocenters. The lowest BCUT2D eigenvalue weighted by atomic mass is 10.2. The van der Waals surface area contributed by atoms with Gasteiger partial charge < -0.3 is 4.74 Å². The van der Waals surface area contributed by atoms with Gasteiger partial charge in [-0.1, -0.05) is 31.9 Å². The first-order valence-corrected chi connectivity index (χ1v) is 6.22. The number of nitrogens with zero attached hydrogens (tertiary/aromatic N) is 2. The first-order valence-electron chi connectivity index (χ1n) is 4.86. The van der Waals surface area contributed by atoms with Gasteiger partial charge in [0.25, 0.3) is 0 Å². The average Bonchev–Trinajstić information content (AvgIpc) is 2.25. The Hall–Kier alpha value is -0.480. The van der Waals surface area contributed by atoms with E-state index in [-0.39, 0.29) is 0 Å². The molecule has 0 N–H and O–H groups in total. The third-order valence-corrected chi connectivity index (χ3v) is 3.70. The molecule has 1 atom stereocenters. The van der Waals surface area contributed by atoms with E-state index in [2.05, 4.69) is 23.8 Å². The number of rotatable bonds is 5. The molecule has 1 heterocycles. The van der Waals surface area contributed by atoms with Crippen LogP contribution in [0.3, 0.4) is 0 Å². The number of ether oxygens (including phenoxy) is 1. The summed E-state index contributed by atoms with van der Waals surface area (Å²) in [4.78, 5) is 8.03. The fourth-order valence-electron chi connectivity index (χ4n) is 0.951. The first-order chi connectivity index (χ1) is 7.19. The van der Waals surface area contributed by atoms with Gasteiger partial charge in [-0.15, -0.1) is 11.8 Å². The predicted octanol–water partition coefficient (Wildman–Crippen LogP) is 3.28. The molecule has 3 nitrogen and oxygen atoms in total. The Morgan fingerprint density at radius 3 is 2.87 bits per heavy atom. The minimum atomic E-state index is 0.374. The molecule has 0 spiro atoms. The van der Waals surface area contributed by atoms with Crippen LogP contribution in [0, 0.1) is 5.92 Å². The van der Waals surface area contributed by atoms with Gasteiger partial charge in [0.2, 0.25) is 0 Å². The van der Waals surface area contributed by atoms with Gasteiger partial charge in [-0.25, -0.2) is 9.97 Å². The Morgan fingerprint density at radius 2 is 2.27 bits per heavy atom. The standard InChI is InChI=1S/C10H15ClN2OS/c1-4-7(2)5-15-10-8(14-3)9(11)12-6-13-10/h6-7H,4-5H2,1-3H3. The number of thioether (sulfide) groups is 1. The van der Waals surface area contributed by atoms with Gasteiger partial charge >= 0.3 is 0 Å². The van der Waals surface area contributed by atoms with Crippen molar-refractivity contribution in [1.82, 2.24) is 9.97 Å². The molecule has 0 aliphatic carbocycles. The van der Waals surface area contributed by atoms with Crippen LogP contribution in [0.15, 0.2) is 11.4 Å². The maximum absolute atomic E-state index is 5.89. The zero-order valence-electron chi connectivity index (χ0n) is 9.16. The highest BCUT2D eigenvalue weighted by Crippen LogP contribution is 2.32. The topological polar surface area (TPSA) is 35.0 Å². The van der Waals surface area contributed by atoms with Crippen LogP contribution in [-0.4, -0.2) is 22.8 Å². The molecule has 0 aromatic carbocycles.